The van der Waals surface area contributed by atoms with Crippen LogP contribution in [0.25, 0.3) is 0 Å². The molecule has 2 rings (SSSR count). The predicted octanol–water partition coefficient (Wildman–Crippen LogP) is 1.62. The second-order valence-corrected chi connectivity index (χ2v) is 4.62. The van der Waals surface area contributed by atoms with E-state index in [1.165, 1.54) is 0 Å². The molecule has 0 unspecified atom stereocenters. The summed E-state index contributed by atoms with van der Waals surface area (Å²) in [5.41, 5.74) is 2.88. The molecule has 0 saturated heterocycles. The highest BCUT2D eigenvalue weighted by atomic mass is 16.5. The summed E-state index contributed by atoms with van der Waals surface area (Å²) in [6, 6.07) is 9.75. The fourth-order valence-electron chi connectivity index (χ4n) is 1.87. The number of anilines is 2. The maximum absolute atomic E-state index is 8.79. The van der Waals surface area contributed by atoms with Crippen LogP contribution in [-0.2, 0) is 6.54 Å². The summed E-state index contributed by atoms with van der Waals surface area (Å²) in [6.07, 6.45) is 0. The average molecular weight is 288 g/mol. The van der Waals surface area contributed by atoms with Crippen LogP contribution in [0.5, 0.6) is 5.88 Å². The Bertz CT molecular complexity index is 590. The van der Waals surface area contributed by atoms with E-state index in [9.17, 15) is 0 Å². The second-order valence-electron chi connectivity index (χ2n) is 4.62. The first-order valence-corrected chi connectivity index (χ1v) is 6.78. The van der Waals surface area contributed by atoms with Gasteiger partial charge < -0.3 is 20.5 Å². The van der Waals surface area contributed by atoms with Gasteiger partial charge in [-0.15, -0.1) is 0 Å². The number of aliphatic hydroxyl groups excluding tert-OH is 1. The van der Waals surface area contributed by atoms with E-state index in [1.54, 1.807) is 13.2 Å². The first-order valence-electron chi connectivity index (χ1n) is 6.78. The standard InChI is InChI=1S/C15H20N4O2/c1-11-4-3-5-12(8-11)17-15-18-13(10-16-6-7-20)9-14(19-15)21-2/h3-5,8-9,16,20H,6-7,10H2,1-2H3,(H,17,18,19). The largest absolute Gasteiger partial charge is 0.481 e. The van der Waals surface area contributed by atoms with E-state index < -0.39 is 0 Å². The number of methoxy groups -OCH3 is 1. The summed E-state index contributed by atoms with van der Waals surface area (Å²) in [5, 5.41) is 15.0. The van der Waals surface area contributed by atoms with Crippen LogP contribution in [0.15, 0.2) is 30.3 Å². The van der Waals surface area contributed by atoms with E-state index in [1.807, 2.05) is 31.2 Å². The number of rotatable bonds is 7. The molecule has 2 aromatic rings. The third-order valence-corrected chi connectivity index (χ3v) is 2.83. The quantitative estimate of drug-likeness (QED) is 0.672. The Morgan fingerprint density at radius 1 is 1.24 bits per heavy atom. The highest BCUT2D eigenvalue weighted by Gasteiger charge is 2.05. The zero-order chi connectivity index (χ0) is 15.1. The van der Waals surface area contributed by atoms with Gasteiger partial charge in [-0.2, -0.15) is 4.98 Å². The molecule has 0 amide bonds. The molecule has 0 aliphatic rings. The van der Waals surface area contributed by atoms with Gasteiger partial charge in [0.2, 0.25) is 11.8 Å². The van der Waals surface area contributed by atoms with Crippen LogP contribution in [0.4, 0.5) is 11.6 Å². The Labute approximate surface area is 124 Å². The Morgan fingerprint density at radius 2 is 2.10 bits per heavy atom. The lowest BCUT2D eigenvalue weighted by Gasteiger charge is -2.10. The molecule has 0 fully saturated rings. The van der Waals surface area contributed by atoms with Gasteiger partial charge in [0.05, 0.1) is 19.4 Å². The van der Waals surface area contributed by atoms with E-state index in [0.29, 0.717) is 24.9 Å². The Hall–Kier alpha value is -2.18. The lowest BCUT2D eigenvalue weighted by molar-refractivity contribution is 0.291. The van der Waals surface area contributed by atoms with Crippen LogP contribution in [0.3, 0.4) is 0 Å². The van der Waals surface area contributed by atoms with Crippen molar-refractivity contribution in [2.24, 2.45) is 0 Å². The first kappa shape index (κ1) is 15.2. The Kier molecular flexibility index (Phi) is 5.48. The molecule has 21 heavy (non-hydrogen) atoms. The number of nitrogens with one attached hydrogen (secondary N) is 2. The zero-order valence-electron chi connectivity index (χ0n) is 12.3. The molecule has 0 saturated carbocycles. The van der Waals surface area contributed by atoms with Crippen LogP contribution in [0.2, 0.25) is 0 Å². The van der Waals surface area contributed by atoms with Crippen molar-refractivity contribution < 1.29 is 9.84 Å². The number of benzene rings is 1. The van der Waals surface area contributed by atoms with Gasteiger partial charge in [0.15, 0.2) is 0 Å². The molecule has 0 aliphatic heterocycles. The SMILES string of the molecule is COc1cc(CNCCO)nc(Nc2cccc(C)c2)n1. The molecule has 0 aliphatic carbocycles. The molecule has 6 nitrogen and oxygen atoms in total. The van der Waals surface area contributed by atoms with Crippen molar-refractivity contribution in [1.29, 1.82) is 0 Å². The fourth-order valence-corrected chi connectivity index (χ4v) is 1.87. The minimum Gasteiger partial charge on any atom is -0.481 e. The summed E-state index contributed by atoms with van der Waals surface area (Å²) >= 11 is 0. The van der Waals surface area contributed by atoms with Crippen molar-refractivity contribution in [2.75, 3.05) is 25.6 Å². The molecular formula is C15H20N4O2. The number of aryl methyl sites for hydroxylation is 1. The highest BCUT2D eigenvalue weighted by molar-refractivity contribution is 5.54. The third-order valence-electron chi connectivity index (χ3n) is 2.83. The van der Waals surface area contributed by atoms with Gasteiger partial charge in [-0.05, 0) is 24.6 Å². The third kappa shape index (κ3) is 4.70. The topological polar surface area (TPSA) is 79.3 Å². The molecule has 6 heteroatoms. The van der Waals surface area contributed by atoms with E-state index in [0.717, 1.165) is 16.9 Å². The van der Waals surface area contributed by atoms with E-state index in [4.69, 9.17) is 9.84 Å². The van der Waals surface area contributed by atoms with Gasteiger partial charge >= 0.3 is 0 Å². The number of aliphatic hydroxyl groups is 1. The first-order chi connectivity index (χ1) is 10.2. The number of hydrogen-bond acceptors (Lipinski definition) is 6. The van der Waals surface area contributed by atoms with Crippen molar-refractivity contribution in [2.45, 2.75) is 13.5 Å². The van der Waals surface area contributed by atoms with Crippen molar-refractivity contribution in [3.05, 3.63) is 41.6 Å². The normalized spacial score (nSPS) is 10.4. The maximum atomic E-state index is 8.79. The van der Waals surface area contributed by atoms with Crippen LogP contribution >= 0.6 is 0 Å². The molecular weight excluding hydrogens is 268 g/mol. The lowest BCUT2D eigenvalue weighted by atomic mass is 10.2. The van der Waals surface area contributed by atoms with Gasteiger partial charge in [0.1, 0.15) is 0 Å². The summed E-state index contributed by atoms with van der Waals surface area (Å²) in [4.78, 5) is 8.72. The van der Waals surface area contributed by atoms with Gasteiger partial charge in [-0.3, -0.25) is 0 Å². The molecule has 3 N–H and O–H groups in total. The lowest BCUT2D eigenvalue weighted by Crippen LogP contribution is -2.18. The van der Waals surface area contributed by atoms with E-state index >= 15 is 0 Å². The van der Waals surface area contributed by atoms with Crippen LogP contribution in [0, 0.1) is 6.92 Å². The molecule has 1 heterocycles. The Balaban J connectivity index is 2.15. The molecule has 0 radical (unpaired) electrons. The summed E-state index contributed by atoms with van der Waals surface area (Å²) in [6.45, 7) is 3.19. The number of hydrogen-bond donors (Lipinski definition) is 3. The van der Waals surface area contributed by atoms with Crippen molar-refractivity contribution in [1.82, 2.24) is 15.3 Å². The average Bonchev–Trinajstić information content (AvgIpc) is 2.47. The molecule has 0 spiro atoms. The van der Waals surface area contributed by atoms with E-state index in [-0.39, 0.29) is 6.61 Å². The molecule has 1 aromatic heterocycles. The summed E-state index contributed by atoms with van der Waals surface area (Å²) < 4.78 is 5.19. The van der Waals surface area contributed by atoms with Crippen molar-refractivity contribution in [3.8, 4) is 5.88 Å². The predicted molar refractivity (Wildman–Crippen MR) is 81.8 cm³/mol. The monoisotopic (exact) mass is 288 g/mol. The minimum atomic E-state index is 0.0939. The van der Waals surface area contributed by atoms with Gasteiger partial charge in [-0.25, -0.2) is 4.98 Å². The zero-order valence-corrected chi connectivity index (χ0v) is 12.3. The van der Waals surface area contributed by atoms with Gasteiger partial charge in [0, 0.05) is 24.8 Å². The maximum Gasteiger partial charge on any atom is 0.230 e. The minimum absolute atomic E-state index is 0.0939. The second kappa shape index (κ2) is 7.56. The number of nitrogens with zero attached hydrogens (tertiary/aromatic N) is 2. The smallest absolute Gasteiger partial charge is 0.230 e. The van der Waals surface area contributed by atoms with Crippen LogP contribution in [0.1, 0.15) is 11.3 Å². The molecule has 0 bridgehead atoms. The van der Waals surface area contributed by atoms with Crippen LogP contribution in [-0.4, -0.2) is 35.3 Å². The van der Waals surface area contributed by atoms with Crippen molar-refractivity contribution in [3.63, 3.8) is 0 Å². The van der Waals surface area contributed by atoms with Gasteiger partial charge in [-0.1, -0.05) is 12.1 Å². The van der Waals surface area contributed by atoms with E-state index in [2.05, 4.69) is 20.6 Å². The molecule has 0 atom stereocenters. The summed E-state index contributed by atoms with van der Waals surface area (Å²) in [7, 11) is 1.57. The molecule has 1 aromatic carbocycles. The van der Waals surface area contributed by atoms with Crippen LogP contribution < -0.4 is 15.4 Å². The highest BCUT2D eigenvalue weighted by Crippen LogP contribution is 2.17. The Morgan fingerprint density at radius 3 is 2.81 bits per heavy atom. The van der Waals surface area contributed by atoms with Crippen molar-refractivity contribution >= 4 is 11.6 Å². The summed E-state index contributed by atoms with van der Waals surface area (Å²) in [5.74, 6) is 0.988. The number of aromatic nitrogens is 2. The molecule has 112 valence electrons. The fraction of sp³-hybridized carbons (Fsp3) is 0.333. The van der Waals surface area contributed by atoms with Gasteiger partial charge in [0.25, 0.3) is 0 Å². The number of ether oxygens (including phenoxy) is 1.